The highest BCUT2D eigenvalue weighted by molar-refractivity contribution is 5.55. The maximum Gasteiger partial charge on any atom is 0.274 e. The molecule has 20 heavy (non-hydrogen) atoms. The number of nitrogens with one attached hydrogen (secondary N) is 1. The van der Waals surface area contributed by atoms with Crippen molar-refractivity contribution in [1.29, 1.82) is 0 Å². The van der Waals surface area contributed by atoms with E-state index >= 15 is 0 Å². The molecule has 0 spiro atoms. The summed E-state index contributed by atoms with van der Waals surface area (Å²) in [5.74, 6) is 0. The van der Waals surface area contributed by atoms with Crippen LogP contribution >= 0.6 is 0 Å². The molecular weight excluding hydrogens is 252 g/mol. The SMILES string of the molecule is CCc1ccc(NC2CCCC(C)(C)C2)cc1[N+](=O)[O-]. The molecular formula is C16H24N2O2. The zero-order valence-electron chi connectivity index (χ0n) is 12.6. The van der Waals surface area contributed by atoms with E-state index in [-0.39, 0.29) is 10.6 Å². The van der Waals surface area contributed by atoms with Crippen LogP contribution in [0.2, 0.25) is 0 Å². The van der Waals surface area contributed by atoms with E-state index in [1.165, 1.54) is 12.8 Å². The van der Waals surface area contributed by atoms with Gasteiger partial charge in [0.1, 0.15) is 0 Å². The summed E-state index contributed by atoms with van der Waals surface area (Å²) in [4.78, 5) is 10.8. The molecule has 1 fully saturated rings. The van der Waals surface area contributed by atoms with E-state index in [1.807, 2.05) is 19.1 Å². The highest BCUT2D eigenvalue weighted by Gasteiger charge is 2.28. The first-order valence-corrected chi connectivity index (χ1v) is 7.45. The first-order valence-electron chi connectivity index (χ1n) is 7.45. The monoisotopic (exact) mass is 276 g/mol. The van der Waals surface area contributed by atoms with Crippen molar-refractivity contribution in [3.8, 4) is 0 Å². The van der Waals surface area contributed by atoms with Gasteiger partial charge >= 0.3 is 0 Å². The minimum Gasteiger partial charge on any atom is -0.382 e. The highest BCUT2D eigenvalue weighted by Crippen LogP contribution is 2.36. The van der Waals surface area contributed by atoms with Crippen LogP contribution in [0.15, 0.2) is 18.2 Å². The first kappa shape index (κ1) is 14.8. The van der Waals surface area contributed by atoms with Gasteiger partial charge in [-0.1, -0.05) is 33.3 Å². The van der Waals surface area contributed by atoms with Crippen LogP contribution in [0.25, 0.3) is 0 Å². The van der Waals surface area contributed by atoms with Crippen LogP contribution in [0.1, 0.15) is 52.0 Å². The molecule has 1 aromatic rings. The largest absolute Gasteiger partial charge is 0.382 e. The maximum atomic E-state index is 11.1. The predicted molar refractivity (Wildman–Crippen MR) is 82.1 cm³/mol. The van der Waals surface area contributed by atoms with E-state index in [0.717, 1.165) is 24.1 Å². The molecule has 0 amide bonds. The molecule has 0 aliphatic heterocycles. The summed E-state index contributed by atoms with van der Waals surface area (Å²) in [5.41, 5.74) is 2.26. The maximum absolute atomic E-state index is 11.1. The van der Waals surface area contributed by atoms with E-state index in [1.54, 1.807) is 6.07 Å². The fraction of sp³-hybridized carbons (Fsp3) is 0.625. The third kappa shape index (κ3) is 3.50. The van der Waals surface area contributed by atoms with Gasteiger partial charge in [-0.25, -0.2) is 0 Å². The quantitative estimate of drug-likeness (QED) is 0.649. The second-order valence-electron chi connectivity index (χ2n) is 6.56. The van der Waals surface area contributed by atoms with Crippen molar-refractivity contribution in [2.75, 3.05) is 5.32 Å². The smallest absolute Gasteiger partial charge is 0.274 e. The van der Waals surface area contributed by atoms with Gasteiger partial charge in [0.15, 0.2) is 0 Å². The molecule has 4 nitrogen and oxygen atoms in total. The van der Waals surface area contributed by atoms with Gasteiger partial charge in [0, 0.05) is 23.4 Å². The summed E-state index contributed by atoms with van der Waals surface area (Å²) < 4.78 is 0. The molecule has 1 atom stereocenters. The fourth-order valence-corrected chi connectivity index (χ4v) is 3.18. The average Bonchev–Trinajstić information content (AvgIpc) is 2.37. The summed E-state index contributed by atoms with van der Waals surface area (Å²) in [5, 5.41) is 14.6. The lowest BCUT2D eigenvalue weighted by atomic mass is 9.75. The lowest BCUT2D eigenvalue weighted by Gasteiger charge is -2.36. The predicted octanol–water partition coefficient (Wildman–Crippen LogP) is 4.54. The van der Waals surface area contributed by atoms with Gasteiger partial charge in [0.05, 0.1) is 4.92 Å². The second-order valence-corrected chi connectivity index (χ2v) is 6.56. The number of benzene rings is 1. The number of nitro benzene ring substituents is 1. The van der Waals surface area contributed by atoms with Crippen LogP contribution in [0, 0.1) is 15.5 Å². The van der Waals surface area contributed by atoms with Crippen molar-refractivity contribution in [3.05, 3.63) is 33.9 Å². The van der Waals surface area contributed by atoms with Crippen molar-refractivity contribution in [3.63, 3.8) is 0 Å². The van der Waals surface area contributed by atoms with Gasteiger partial charge in [-0.15, -0.1) is 0 Å². The van der Waals surface area contributed by atoms with Crippen molar-refractivity contribution >= 4 is 11.4 Å². The minimum atomic E-state index is -0.283. The number of nitrogens with zero attached hydrogens (tertiary/aromatic N) is 1. The minimum absolute atomic E-state index is 0.229. The van der Waals surface area contributed by atoms with Gasteiger partial charge in [-0.3, -0.25) is 10.1 Å². The Morgan fingerprint density at radius 3 is 2.80 bits per heavy atom. The number of hydrogen-bond acceptors (Lipinski definition) is 3. The zero-order valence-corrected chi connectivity index (χ0v) is 12.6. The van der Waals surface area contributed by atoms with Crippen LogP contribution in [-0.2, 0) is 6.42 Å². The van der Waals surface area contributed by atoms with Crippen molar-refractivity contribution in [1.82, 2.24) is 0 Å². The van der Waals surface area contributed by atoms with E-state index in [4.69, 9.17) is 0 Å². The number of hydrogen-bond donors (Lipinski definition) is 1. The van der Waals surface area contributed by atoms with Crippen LogP contribution < -0.4 is 5.32 Å². The summed E-state index contributed by atoms with van der Waals surface area (Å²) in [6, 6.07) is 5.94. The Hall–Kier alpha value is -1.58. The molecule has 0 saturated heterocycles. The number of aryl methyl sites for hydroxylation is 1. The molecule has 110 valence electrons. The van der Waals surface area contributed by atoms with E-state index in [2.05, 4.69) is 19.2 Å². The topological polar surface area (TPSA) is 55.2 Å². The highest BCUT2D eigenvalue weighted by atomic mass is 16.6. The molecule has 0 radical (unpaired) electrons. The van der Waals surface area contributed by atoms with Gasteiger partial charge in [-0.2, -0.15) is 0 Å². The molecule has 1 aliphatic carbocycles. The first-order chi connectivity index (χ1) is 9.41. The normalized spacial score (nSPS) is 21.4. The molecule has 2 rings (SSSR count). The Kier molecular flexibility index (Phi) is 4.31. The van der Waals surface area contributed by atoms with Gasteiger partial charge in [-0.05, 0) is 37.2 Å². The molecule has 0 bridgehead atoms. The molecule has 1 N–H and O–H groups in total. The number of nitro groups is 1. The molecule has 1 saturated carbocycles. The number of anilines is 1. The van der Waals surface area contributed by atoms with Gasteiger partial charge in [0.2, 0.25) is 0 Å². The summed E-state index contributed by atoms with van der Waals surface area (Å²) in [6.45, 7) is 6.53. The van der Waals surface area contributed by atoms with E-state index < -0.39 is 0 Å². The fourth-order valence-electron chi connectivity index (χ4n) is 3.18. The van der Waals surface area contributed by atoms with Crippen LogP contribution in [0.4, 0.5) is 11.4 Å². The Bertz CT molecular complexity index is 497. The average molecular weight is 276 g/mol. The molecule has 0 aromatic heterocycles. The van der Waals surface area contributed by atoms with Crippen molar-refractivity contribution < 1.29 is 4.92 Å². The Balaban J connectivity index is 2.13. The lowest BCUT2D eigenvalue weighted by molar-refractivity contribution is -0.385. The molecule has 1 aromatic carbocycles. The molecule has 0 heterocycles. The molecule has 4 heteroatoms. The summed E-state index contributed by atoms with van der Waals surface area (Å²) in [7, 11) is 0. The standard InChI is InChI=1S/C16H24N2O2/c1-4-12-7-8-13(10-15(12)18(19)20)17-14-6-5-9-16(2,3)11-14/h7-8,10,14,17H,4-6,9,11H2,1-3H3. The van der Waals surface area contributed by atoms with Crippen molar-refractivity contribution in [2.45, 2.75) is 58.9 Å². The van der Waals surface area contributed by atoms with Crippen LogP contribution in [-0.4, -0.2) is 11.0 Å². The second kappa shape index (κ2) is 5.81. The third-order valence-corrected chi connectivity index (χ3v) is 4.24. The zero-order chi connectivity index (χ0) is 14.8. The Morgan fingerprint density at radius 2 is 2.20 bits per heavy atom. The summed E-state index contributed by atoms with van der Waals surface area (Å²) >= 11 is 0. The van der Waals surface area contributed by atoms with Crippen molar-refractivity contribution in [2.24, 2.45) is 5.41 Å². The van der Waals surface area contributed by atoms with E-state index in [0.29, 0.717) is 17.9 Å². The Labute approximate surface area is 120 Å². The molecule has 1 unspecified atom stereocenters. The summed E-state index contributed by atoms with van der Waals surface area (Å²) in [6.07, 6.45) is 5.44. The van der Waals surface area contributed by atoms with E-state index in [9.17, 15) is 10.1 Å². The van der Waals surface area contributed by atoms with Gasteiger partial charge < -0.3 is 5.32 Å². The van der Waals surface area contributed by atoms with Crippen LogP contribution in [0.5, 0.6) is 0 Å². The lowest BCUT2D eigenvalue weighted by Crippen LogP contribution is -2.31. The van der Waals surface area contributed by atoms with Gasteiger partial charge in [0.25, 0.3) is 5.69 Å². The number of rotatable bonds is 4. The van der Waals surface area contributed by atoms with Crippen LogP contribution in [0.3, 0.4) is 0 Å². The third-order valence-electron chi connectivity index (χ3n) is 4.24. The molecule has 1 aliphatic rings. The Morgan fingerprint density at radius 1 is 1.45 bits per heavy atom.